The lowest BCUT2D eigenvalue weighted by Gasteiger charge is -2.24. The van der Waals surface area contributed by atoms with Gasteiger partial charge >= 0.3 is 12.4 Å². The largest absolute Gasteiger partial charge is 0.416 e. The summed E-state index contributed by atoms with van der Waals surface area (Å²) < 4.78 is 76.5. The maximum atomic E-state index is 12.8. The molecule has 122 valence electrons. The molecule has 0 amide bonds. The second-order valence-electron chi connectivity index (χ2n) is 4.91. The smallest absolute Gasteiger partial charge is 0.392 e. The summed E-state index contributed by atoms with van der Waals surface area (Å²) in [5.41, 5.74) is -2.68. The molecule has 1 nitrogen and oxygen atoms in total. The summed E-state index contributed by atoms with van der Waals surface area (Å²) in [5.74, 6) is 0. The van der Waals surface area contributed by atoms with Gasteiger partial charge in [-0.25, -0.2) is 0 Å². The average Bonchev–Trinajstić information content (AvgIpc) is 2.39. The first-order valence-electron chi connectivity index (χ1n) is 6.36. The third-order valence-corrected chi connectivity index (χ3v) is 4.51. The second kappa shape index (κ2) is 6.16. The Morgan fingerprint density at radius 2 is 1.36 bits per heavy atom. The van der Waals surface area contributed by atoms with Crippen LogP contribution in [0.15, 0.2) is 35.2 Å². The second-order valence-corrected chi connectivity index (χ2v) is 6.22. The van der Waals surface area contributed by atoms with Gasteiger partial charge < -0.3 is 5.11 Å². The summed E-state index contributed by atoms with van der Waals surface area (Å²) in [6, 6.07) is 1.47. The van der Waals surface area contributed by atoms with Gasteiger partial charge in [-0.2, -0.15) is 26.3 Å². The molecule has 2 atom stereocenters. The highest BCUT2D eigenvalue weighted by Crippen LogP contribution is 2.40. The molecule has 0 radical (unpaired) electrons. The Morgan fingerprint density at radius 1 is 0.864 bits per heavy atom. The molecular formula is C14H12F6OS. The minimum absolute atomic E-state index is 0.0985. The SMILES string of the molecule is O[C@H]1CC=CC[C@@H]1Sc1cc(C(F)(F)F)cc(C(F)(F)F)c1. The average molecular weight is 342 g/mol. The number of benzene rings is 1. The van der Waals surface area contributed by atoms with Crippen LogP contribution in [0.2, 0.25) is 0 Å². The van der Waals surface area contributed by atoms with Gasteiger partial charge in [-0.3, -0.25) is 0 Å². The number of hydrogen-bond donors (Lipinski definition) is 1. The van der Waals surface area contributed by atoms with Gasteiger partial charge in [0.15, 0.2) is 0 Å². The summed E-state index contributed by atoms with van der Waals surface area (Å²) in [6.45, 7) is 0. The van der Waals surface area contributed by atoms with Crippen LogP contribution >= 0.6 is 11.8 Å². The topological polar surface area (TPSA) is 20.2 Å². The zero-order valence-electron chi connectivity index (χ0n) is 11.1. The Balaban J connectivity index is 2.36. The van der Waals surface area contributed by atoms with Crippen molar-refractivity contribution >= 4 is 11.8 Å². The fourth-order valence-electron chi connectivity index (χ4n) is 2.07. The molecule has 8 heteroatoms. The van der Waals surface area contributed by atoms with Crippen LogP contribution in [0, 0.1) is 0 Å². The van der Waals surface area contributed by atoms with Gasteiger partial charge in [0, 0.05) is 10.1 Å². The van der Waals surface area contributed by atoms with Crippen molar-refractivity contribution in [2.75, 3.05) is 0 Å². The van der Waals surface area contributed by atoms with Crippen molar-refractivity contribution in [1.82, 2.24) is 0 Å². The molecule has 1 aliphatic rings. The van der Waals surface area contributed by atoms with Crippen LogP contribution in [0.1, 0.15) is 24.0 Å². The highest BCUT2D eigenvalue weighted by molar-refractivity contribution is 8.00. The van der Waals surface area contributed by atoms with E-state index >= 15 is 0 Å². The zero-order valence-corrected chi connectivity index (χ0v) is 11.9. The van der Waals surface area contributed by atoms with Crippen LogP contribution in [0.4, 0.5) is 26.3 Å². The highest BCUT2D eigenvalue weighted by Gasteiger charge is 2.37. The van der Waals surface area contributed by atoms with Crippen molar-refractivity contribution in [3.8, 4) is 0 Å². The van der Waals surface area contributed by atoms with Crippen LogP contribution in [-0.2, 0) is 12.4 Å². The molecule has 22 heavy (non-hydrogen) atoms. The Hall–Kier alpha value is -1.15. The third-order valence-electron chi connectivity index (χ3n) is 3.19. The summed E-state index contributed by atoms with van der Waals surface area (Å²) in [6.07, 6.45) is -6.30. The fraction of sp³-hybridized carbons (Fsp3) is 0.429. The van der Waals surface area contributed by atoms with Gasteiger partial charge in [0.1, 0.15) is 0 Å². The maximum absolute atomic E-state index is 12.8. The van der Waals surface area contributed by atoms with Crippen molar-refractivity contribution in [3.05, 3.63) is 41.5 Å². The van der Waals surface area contributed by atoms with Gasteiger partial charge in [-0.05, 0) is 31.0 Å². The number of allylic oxidation sites excluding steroid dienone is 1. The monoisotopic (exact) mass is 342 g/mol. The van der Waals surface area contributed by atoms with Crippen molar-refractivity contribution in [2.45, 2.75) is 41.4 Å². The van der Waals surface area contributed by atoms with Gasteiger partial charge in [0.25, 0.3) is 0 Å². The van der Waals surface area contributed by atoms with E-state index < -0.39 is 34.8 Å². The van der Waals surface area contributed by atoms with Crippen LogP contribution < -0.4 is 0 Å². The number of aliphatic hydroxyl groups is 1. The van der Waals surface area contributed by atoms with E-state index in [1.54, 1.807) is 12.2 Å². The number of aliphatic hydroxyl groups excluding tert-OH is 1. The van der Waals surface area contributed by atoms with Gasteiger partial charge in [-0.1, -0.05) is 12.2 Å². The summed E-state index contributed by atoms with van der Waals surface area (Å²) in [4.78, 5) is -0.151. The number of rotatable bonds is 2. The predicted octanol–water partition coefficient (Wildman–Crippen LogP) is 4.90. The van der Waals surface area contributed by atoms with E-state index in [1.807, 2.05) is 0 Å². The molecule has 0 saturated carbocycles. The molecule has 1 aliphatic carbocycles. The normalized spacial score (nSPS) is 22.9. The molecular weight excluding hydrogens is 330 g/mol. The molecule has 0 fully saturated rings. The Labute approximate surface area is 127 Å². The van der Waals surface area contributed by atoms with Crippen LogP contribution in [0.3, 0.4) is 0 Å². The fourth-order valence-corrected chi connectivity index (χ4v) is 3.29. The van der Waals surface area contributed by atoms with E-state index in [1.165, 1.54) is 0 Å². The zero-order chi connectivity index (χ0) is 16.5. The Kier molecular flexibility index (Phi) is 4.81. The molecule has 0 saturated heterocycles. The Bertz CT molecular complexity index is 531. The quantitative estimate of drug-likeness (QED) is 0.610. The van der Waals surface area contributed by atoms with Crippen LogP contribution in [-0.4, -0.2) is 16.5 Å². The standard InChI is InChI=1S/C14H12F6OS/c15-13(16,17)8-5-9(14(18,19)20)7-10(6-8)22-12-4-2-1-3-11(12)21/h1-2,5-7,11-12,21H,3-4H2/t11-,12-/m0/s1. The lowest BCUT2D eigenvalue weighted by Crippen LogP contribution is -2.24. The number of hydrogen-bond acceptors (Lipinski definition) is 2. The van der Waals surface area contributed by atoms with Crippen molar-refractivity contribution in [1.29, 1.82) is 0 Å². The van der Waals surface area contributed by atoms with Gasteiger partial charge in [0.05, 0.1) is 17.2 Å². The summed E-state index contributed by atoms with van der Waals surface area (Å²) in [5, 5.41) is 9.31. The summed E-state index contributed by atoms with van der Waals surface area (Å²) >= 11 is 0.832. The first-order chi connectivity index (χ1) is 10.1. The first kappa shape index (κ1) is 17.2. The minimum Gasteiger partial charge on any atom is -0.392 e. The molecule has 0 spiro atoms. The van der Waals surface area contributed by atoms with E-state index in [-0.39, 0.29) is 11.0 Å². The van der Waals surface area contributed by atoms with Gasteiger partial charge in [0.2, 0.25) is 0 Å². The third kappa shape index (κ3) is 4.19. The lowest BCUT2D eigenvalue weighted by molar-refractivity contribution is -0.143. The highest BCUT2D eigenvalue weighted by atomic mass is 32.2. The molecule has 1 aromatic carbocycles. The molecule has 1 N–H and O–H groups in total. The molecule has 0 aliphatic heterocycles. The van der Waals surface area contributed by atoms with Gasteiger partial charge in [-0.15, -0.1) is 11.8 Å². The maximum Gasteiger partial charge on any atom is 0.416 e. The molecule has 2 rings (SSSR count). The first-order valence-corrected chi connectivity index (χ1v) is 7.24. The minimum atomic E-state index is -4.86. The van der Waals surface area contributed by atoms with Crippen molar-refractivity contribution in [2.24, 2.45) is 0 Å². The molecule has 0 aromatic heterocycles. The van der Waals surface area contributed by atoms with Crippen molar-refractivity contribution < 1.29 is 31.4 Å². The van der Waals surface area contributed by atoms with Crippen molar-refractivity contribution in [3.63, 3.8) is 0 Å². The lowest BCUT2D eigenvalue weighted by atomic mass is 10.0. The van der Waals surface area contributed by atoms with E-state index in [4.69, 9.17) is 0 Å². The van der Waals surface area contributed by atoms with E-state index in [9.17, 15) is 31.4 Å². The Morgan fingerprint density at radius 3 is 1.82 bits per heavy atom. The van der Waals surface area contributed by atoms with E-state index in [2.05, 4.69) is 0 Å². The number of thioether (sulfide) groups is 1. The molecule has 0 unspecified atom stereocenters. The van der Waals surface area contributed by atoms with E-state index in [0.717, 1.165) is 11.8 Å². The predicted molar refractivity (Wildman–Crippen MR) is 70.5 cm³/mol. The van der Waals surface area contributed by atoms with Crippen LogP contribution in [0.5, 0.6) is 0 Å². The molecule has 0 bridgehead atoms. The van der Waals surface area contributed by atoms with E-state index in [0.29, 0.717) is 25.0 Å². The summed E-state index contributed by atoms with van der Waals surface area (Å²) in [7, 11) is 0. The van der Waals surface area contributed by atoms with Crippen LogP contribution in [0.25, 0.3) is 0 Å². The molecule has 1 aromatic rings. The number of alkyl halides is 6. The molecule has 0 heterocycles. The number of halogens is 6.